The van der Waals surface area contributed by atoms with E-state index in [0.29, 0.717) is 5.69 Å². The molecule has 0 radical (unpaired) electrons. The second-order valence-electron chi connectivity index (χ2n) is 4.33. The van der Waals surface area contributed by atoms with Crippen LogP contribution >= 0.6 is 0 Å². The minimum Gasteiger partial charge on any atom is -0.495 e. The molecule has 106 valence electrons. The Balaban J connectivity index is 3.32. The van der Waals surface area contributed by atoms with Gasteiger partial charge >= 0.3 is 0 Å². The van der Waals surface area contributed by atoms with Gasteiger partial charge in [0.05, 0.1) is 7.11 Å². The Bertz CT molecular complexity index is 581. The minimum atomic E-state index is -3.81. The number of nitrogens with two attached hydrogens (primary N) is 1. The molecule has 0 aromatic heterocycles. The number of ether oxygens (including phenoxy) is 1. The van der Waals surface area contributed by atoms with Crippen molar-refractivity contribution in [3.05, 3.63) is 18.2 Å². The standard InChI is InChI=1S/C12H18N2O4S/c1-8(12(15)14(2)3)19(16,17)11-6-5-9(13)7-10(11)18-4/h5-8H,13H2,1-4H3. The molecule has 0 aliphatic rings. The second-order valence-corrected chi connectivity index (χ2v) is 6.57. The summed E-state index contributed by atoms with van der Waals surface area (Å²) in [5, 5.41) is -1.18. The predicted octanol–water partition coefficient (Wildman–Crippen LogP) is 0.528. The number of hydrogen-bond donors (Lipinski definition) is 1. The normalized spacial score (nSPS) is 12.8. The third-order valence-corrected chi connectivity index (χ3v) is 4.83. The lowest BCUT2D eigenvalue weighted by atomic mass is 10.3. The first-order valence-corrected chi connectivity index (χ1v) is 7.15. The van der Waals surface area contributed by atoms with E-state index in [-0.39, 0.29) is 10.6 Å². The summed E-state index contributed by atoms with van der Waals surface area (Å²) in [6.07, 6.45) is 0. The van der Waals surface area contributed by atoms with Crippen molar-refractivity contribution in [2.45, 2.75) is 17.1 Å². The van der Waals surface area contributed by atoms with E-state index in [4.69, 9.17) is 10.5 Å². The number of nitrogen functional groups attached to an aromatic ring is 1. The highest BCUT2D eigenvalue weighted by Gasteiger charge is 2.33. The number of methoxy groups -OCH3 is 1. The number of amides is 1. The molecule has 2 N–H and O–H groups in total. The van der Waals surface area contributed by atoms with Gasteiger partial charge in [0.1, 0.15) is 15.9 Å². The number of benzene rings is 1. The van der Waals surface area contributed by atoms with Crippen LogP contribution in [-0.2, 0) is 14.6 Å². The van der Waals surface area contributed by atoms with E-state index >= 15 is 0 Å². The molecular formula is C12H18N2O4S. The zero-order valence-corrected chi connectivity index (χ0v) is 12.2. The van der Waals surface area contributed by atoms with Gasteiger partial charge in [-0.05, 0) is 19.1 Å². The van der Waals surface area contributed by atoms with E-state index in [0.717, 1.165) is 0 Å². The molecule has 1 unspecified atom stereocenters. The van der Waals surface area contributed by atoms with Crippen LogP contribution in [0.3, 0.4) is 0 Å². The molecule has 1 amide bonds. The Morgan fingerprint density at radius 2 is 1.95 bits per heavy atom. The van der Waals surface area contributed by atoms with Crippen molar-refractivity contribution in [1.29, 1.82) is 0 Å². The highest BCUT2D eigenvalue weighted by atomic mass is 32.2. The highest BCUT2D eigenvalue weighted by Crippen LogP contribution is 2.29. The SMILES string of the molecule is COc1cc(N)ccc1S(=O)(=O)C(C)C(=O)N(C)C. The molecule has 0 saturated carbocycles. The number of sulfone groups is 1. The fourth-order valence-electron chi connectivity index (χ4n) is 1.61. The Labute approximate surface area is 113 Å². The van der Waals surface area contributed by atoms with Crippen molar-refractivity contribution >= 4 is 21.4 Å². The smallest absolute Gasteiger partial charge is 0.240 e. The molecule has 19 heavy (non-hydrogen) atoms. The van der Waals surface area contributed by atoms with E-state index in [1.165, 1.54) is 51.2 Å². The van der Waals surface area contributed by atoms with E-state index in [1.54, 1.807) is 0 Å². The zero-order chi connectivity index (χ0) is 14.8. The lowest BCUT2D eigenvalue weighted by molar-refractivity contribution is -0.127. The summed E-state index contributed by atoms with van der Waals surface area (Å²) < 4.78 is 29.8. The molecule has 0 spiro atoms. The first kappa shape index (κ1) is 15.3. The highest BCUT2D eigenvalue weighted by molar-refractivity contribution is 7.92. The number of anilines is 1. The molecule has 0 heterocycles. The molecule has 0 fully saturated rings. The predicted molar refractivity (Wildman–Crippen MR) is 72.7 cm³/mol. The average molecular weight is 286 g/mol. The van der Waals surface area contributed by atoms with E-state index in [1.807, 2.05) is 0 Å². The Morgan fingerprint density at radius 1 is 1.37 bits per heavy atom. The summed E-state index contributed by atoms with van der Waals surface area (Å²) in [5.41, 5.74) is 5.97. The average Bonchev–Trinajstić information content (AvgIpc) is 2.36. The van der Waals surface area contributed by atoms with Gasteiger partial charge in [-0.15, -0.1) is 0 Å². The van der Waals surface area contributed by atoms with E-state index in [9.17, 15) is 13.2 Å². The number of carbonyl (C=O) groups excluding carboxylic acids is 1. The summed E-state index contributed by atoms with van der Waals surface area (Å²) in [6, 6.07) is 4.23. The fourth-order valence-corrected chi connectivity index (χ4v) is 3.14. The van der Waals surface area contributed by atoms with E-state index < -0.39 is 21.0 Å². The third-order valence-electron chi connectivity index (χ3n) is 2.75. The largest absolute Gasteiger partial charge is 0.495 e. The maximum atomic E-state index is 12.4. The molecule has 7 heteroatoms. The molecule has 6 nitrogen and oxygen atoms in total. The van der Waals surface area contributed by atoms with Gasteiger partial charge in [-0.2, -0.15) is 0 Å². The number of carbonyl (C=O) groups is 1. The molecule has 1 atom stereocenters. The first-order valence-electron chi connectivity index (χ1n) is 5.60. The summed E-state index contributed by atoms with van der Waals surface area (Å²) >= 11 is 0. The summed E-state index contributed by atoms with van der Waals surface area (Å²) in [6.45, 7) is 1.35. The lowest BCUT2D eigenvalue weighted by Gasteiger charge is -2.18. The molecule has 1 aromatic rings. The summed E-state index contributed by atoms with van der Waals surface area (Å²) in [5.74, 6) is -0.350. The molecule has 0 bridgehead atoms. The number of rotatable bonds is 4. The van der Waals surface area contributed by atoms with Gasteiger partial charge in [-0.1, -0.05) is 0 Å². The van der Waals surface area contributed by atoms with Crippen LogP contribution in [0.1, 0.15) is 6.92 Å². The Morgan fingerprint density at radius 3 is 2.42 bits per heavy atom. The molecule has 1 aromatic carbocycles. The van der Waals surface area contributed by atoms with Gasteiger partial charge in [0.15, 0.2) is 9.84 Å². The quantitative estimate of drug-likeness (QED) is 0.815. The molecule has 0 aliphatic carbocycles. The van der Waals surface area contributed by atoms with Gasteiger partial charge in [0.2, 0.25) is 5.91 Å². The van der Waals surface area contributed by atoms with Crippen LogP contribution in [0, 0.1) is 0 Å². The van der Waals surface area contributed by atoms with Crippen LogP contribution in [0.15, 0.2) is 23.1 Å². The van der Waals surface area contributed by atoms with Crippen LogP contribution in [-0.4, -0.2) is 45.7 Å². The van der Waals surface area contributed by atoms with Gasteiger partial charge < -0.3 is 15.4 Å². The van der Waals surface area contributed by atoms with Crippen molar-refractivity contribution in [2.24, 2.45) is 0 Å². The van der Waals surface area contributed by atoms with E-state index in [2.05, 4.69) is 0 Å². The molecular weight excluding hydrogens is 268 g/mol. The van der Waals surface area contributed by atoms with Crippen LogP contribution in [0.5, 0.6) is 5.75 Å². The van der Waals surface area contributed by atoms with Crippen molar-refractivity contribution in [2.75, 3.05) is 26.9 Å². The molecule has 1 rings (SSSR count). The molecule has 0 aliphatic heterocycles. The Kier molecular flexibility index (Phi) is 4.41. The van der Waals surface area contributed by atoms with Crippen LogP contribution in [0.25, 0.3) is 0 Å². The molecule has 0 saturated heterocycles. The second kappa shape index (κ2) is 5.48. The lowest BCUT2D eigenvalue weighted by Crippen LogP contribution is -2.37. The van der Waals surface area contributed by atoms with Gasteiger partial charge in [0.25, 0.3) is 0 Å². The summed E-state index contributed by atoms with van der Waals surface area (Å²) in [7, 11) is 0.556. The van der Waals surface area contributed by atoms with Crippen LogP contribution < -0.4 is 10.5 Å². The number of hydrogen-bond acceptors (Lipinski definition) is 5. The Hall–Kier alpha value is -1.76. The third kappa shape index (κ3) is 2.98. The van der Waals surface area contributed by atoms with Gasteiger partial charge in [-0.25, -0.2) is 8.42 Å². The van der Waals surface area contributed by atoms with Crippen molar-refractivity contribution in [3.63, 3.8) is 0 Å². The van der Waals surface area contributed by atoms with Crippen LogP contribution in [0.4, 0.5) is 5.69 Å². The van der Waals surface area contributed by atoms with Gasteiger partial charge in [0, 0.05) is 25.8 Å². The van der Waals surface area contributed by atoms with Crippen molar-refractivity contribution < 1.29 is 17.9 Å². The zero-order valence-electron chi connectivity index (χ0n) is 11.4. The van der Waals surface area contributed by atoms with Crippen molar-refractivity contribution in [3.8, 4) is 5.75 Å². The number of nitrogens with zero attached hydrogens (tertiary/aromatic N) is 1. The maximum absolute atomic E-state index is 12.4. The van der Waals surface area contributed by atoms with Gasteiger partial charge in [-0.3, -0.25) is 4.79 Å². The fraction of sp³-hybridized carbons (Fsp3) is 0.417. The minimum absolute atomic E-state index is 0.0353. The van der Waals surface area contributed by atoms with Crippen LogP contribution in [0.2, 0.25) is 0 Å². The summed E-state index contributed by atoms with van der Waals surface area (Å²) in [4.78, 5) is 13.0. The first-order chi connectivity index (χ1) is 8.71. The topological polar surface area (TPSA) is 89.7 Å². The maximum Gasteiger partial charge on any atom is 0.240 e. The monoisotopic (exact) mass is 286 g/mol. The van der Waals surface area contributed by atoms with Crippen molar-refractivity contribution in [1.82, 2.24) is 4.90 Å².